The fourth-order valence-corrected chi connectivity index (χ4v) is 4.55. The molecular weight excluding hydrogens is 382 g/mol. The van der Waals surface area contributed by atoms with E-state index in [2.05, 4.69) is 15.9 Å². The van der Waals surface area contributed by atoms with E-state index in [4.69, 9.17) is 0 Å². The summed E-state index contributed by atoms with van der Waals surface area (Å²) < 4.78 is 2.80. The van der Waals surface area contributed by atoms with Crippen molar-refractivity contribution in [2.75, 3.05) is 26.2 Å². The number of hydrogen-bond acceptors (Lipinski definition) is 2. The predicted molar refractivity (Wildman–Crippen MR) is 100 cm³/mol. The number of halogens is 1. The van der Waals surface area contributed by atoms with Gasteiger partial charge in [-0.25, -0.2) is 0 Å². The molecule has 0 N–H and O–H groups in total. The van der Waals surface area contributed by atoms with Crippen LogP contribution in [-0.4, -0.2) is 52.4 Å². The van der Waals surface area contributed by atoms with Gasteiger partial charge in [0.2, 0.25) is 5.91 Å². The van der Waals surface area contributed by atoms with E-state index in [0.717, 1.165) is 28.2 Å². The van der Waals surface area contributed by atoms with Crippen LogP contribution in [0.1, 0.15) is 29.8 Å². The van der Waals surface area contributed by atoms with Gasteiger partial charge in [-0.3, -0.25) is 9.59 Å². The fraction of sp³-hybridized carbons (Fsp3) is 0.474. The third-order valence-corrected chi connectivity index (χ3v) is 6.38. The molecule has 1 aliphatic heterocycles. The third-order valence-electron chi connectivity index (χ3n) is 5.58. The van der Waals surface area contributed by atoms with Gasteiger partial charge in [0.25, 0.3) is 5.91 Å². The lowest BCUT2D eigenvalue weighted by molar-refractivity contribution is -0.139. The highest BCUT2D eigenvalue weighted by atomic mass is 79.9. The quantitative estimate of drug-likeness (QED) is 0.773. The number of fused-ring (bicyclic) bond motifs is 1. The van der Waals surface area contributed by atoms with Gasteiger partial charge in [0, 0.05) is 50.0 Å². The summed E-state index contributed by atoms with van der Waals surface area (Å²) in [6.45, 7) is 2.49. The lowest BCUT2D eigenvalue weighted by Crippen LogP contribution is -2.52. The molecule has 4 rings (SSSR count). The Kier molecular flexibility index (Phi) is 4.31. The maximum Gasteiger partial charge on any atom is 0.271 e. The third kappa shape index (κ3) is 2.76. The number of benzene rings is 1. The Morgan fingerprint density at radius 1 is 1.04 bits per heavy atom. The number of piperazine rings is 1. The Bertz CT molecular complexity index is 794. The van der Waals surface area contributed by atoms with E-state index in [0.29, 0.717) is 31.9 Å². The largest absolute Gasteiger partial charge is 0.339 e. The molecule has 2 fully saturated rings. The molecule has 1 aromatic heterocycles. The summed E-state index contributed by atoms with van der Waals surface area (Å²) in [5, 5.41) is 1.05. The molecule has 0 atom stereocenters. The number of amides is 2. The normalized spacial score (nSPS) is 18.5. The molecule has 2 amide bonds. The minimum absolute atomic E-state index is 0.0290. The van der Waals surface area contributed by atoms with Gasteiger partial charge in [-0.1, -0.05) is 24.6 Å². The predicted octanol–water partition coefficient (Wildman–Crippen LogP) is 3.03. The number of aromatic nitrogens is 1. The van der Waals surface area contributed by atoms with Crippen molar-refractivity contribution in [3.63, 3.8) is 0 Å². The van der Waals surface area contributed by atoms with Crippen molar-refractivity contribution in [1.82, 2.24) is 14.4 Å². The molecule has 2 aromatic rings. The molecule has 0 bridgehead atoms. The number of hydrogen-bond donors (Lipinski definition) is 0. The summed E-state index contributed by atoms with van der Waals surface area (Å²) in [5.41, 5.74) is 1.72. The van der Waals surface area contributed by atoms with Gasteiger partial charge in [0.15, 0.2) is 0 Å². The van der Waals surface area contributed by atoms with Crippen LogP contribution in [0.25, 0.3) is 10.9 Å². The van der Waals surface area contributed by atoms with E-state index in [1.54, 1.807) is 0 Å². The van der Waals surface area contributed by atoms with Crippen molar-refractivity contribution in [3.8, 4) is 0 Å². The van der Waals surface area contributed by atoms with Gasteiger partial charge in [0.05, 0.1) is 4.47 Å². The Morgan fingerprint density at radius 3 is 2.28 bits per heavy atom. The van der Waals surface area contributed by atoms with Gasteiger partial charge in [-0.15, -0.1) is 0 Å². The number of aryl methyl sites for hydroxylation is 1. The van der Waals surface area contributed by atoms with Gasteiger partial charge in [-0.2, -0.15) is 0 Å². The Morgan fingerprint density at radius 2 is 1.68 bits per heavy atom. The fourth-order valence-electron chi connectivity index (χ4n) is 3.78. The van der Waals surface area contributed by atoms with E-state index >= 15 is 0 Å². The van der Waals surface area contributed by atoms with Crippen LogP contribution in [0.4, 0.5) is 0 Å². The van der Waals surface area contributed by atoms with Crippen molar-refractivity contribution in [1.29, 1.82) is 0 Å². The maximum absolute atomic E-state index is 13.1. The summed E-state index contributed by atoms with van der Waals surface area (Å²) in [5.74, 6) is 0.542. The second-order valence-electron chi connectivity index (χ2n) is 6.98. The van der Waals surface area contributed by atoms with E-state index in [-0.39, 0.29) is 17.7 Å². The van der Waals surface area contributed by atoms with Gasteiger partial charge in [-0.05, 0) is 34.8 Å². The first kappa shape index (κ1) is 16.6. The van der Waals surface area contributed by atoms with Crippen LogP contribution < -0.4 is 0 Å². The number of rotatable bonds is 2. The van der Waals surface area contributed by atoms with E-state index in [1.165, 1.54) is 6.42 Å². The van der Waals surface area contributed by atoms with Gasteiger partial charge < -0.3 is 14.4 Å². The van der Waals surface area contributed by atoms with E-state index in [1.807, 2.05) is 45.7 Å². The first-order valence-corrected chi connectivity index (χ1v) is 9.68. The second-order valence-corrected chi connectivity index (χ2v) is 7.78. The van der Waals surface area contributed by atoms with Crippen LogP contribution >= 0.6 is 15.9 Å². The van der Waals surface area contributed by atoms with Crippen LogP contribution in [0.15, 0.2) is 28.7 Å². The topological polar surface area (TPSA) is 45.6 Å². The summed E-state index contributed by atoms with van der Waals surface area (Å²) in [4.78, 5) is 29.2. The van der Waals surface area contributed by atoms with Gasteiger partial charge >= 0.3 is 0 Å². The lowest BCUT2D eigenvalue weighted by Gasteiger charge is -2.38. The summed E-state index contributed by atoms with van der Waals surface area (Å²) >= 11 is 3.61. The molecular formula is C19H22BrN3O2. The van der Waals surface area contributed by atoms with Crippen LogP contribution in [0.3, 0.4) is 0 Å². The number of nitrogens with zero attached hydrogens (tertiary/aromatic N) is 3. The van der Waals surface area contributed by atoms with E-state index in [9.17, 15) is 9.59 Å². The van der Waals surface area contributed by atoms with E-state index < -0.39 is 0 Å². The summed E-state index contributed by atoms with van der Waals surface area (Å²) in [6.07, 6.45) is 3.23. The van der Waals surface area contributed by atoms with Crippen molar-refractivity contribution >= 4 is 38.6 Å². The monoisotopic (exact) mass is 403 g/mol. The molecule has 25 heavy (non-hydrogen) atoms. The zero-order valence-corrected chi connectivity index (χ0v) is 16.0. The molecule has 2 heterocycles. The zero-order chi connectivity index (χ0) is 17.6. The molecule has 2 aliphatic rings. The van der Waals surface area contributed by atoms with Crippen LogP contribution in [0, 0.1) is 5.92 Å². The Hall–Kier alpha value is -1.82. The van der Waals surface area contributed by atoms with Crippen molar-refractivity contribution in [2.24, 2.45) is 13.0 Å². The minimum atomic E-state index is 0.0290. The van der Waals surface area contributed by atoms with Crippen molar-refractivity contribution in [2.45, 2.75) is 19.3 Å². The number of carbonyl (C=O) groups excluding carboxylic acids is 2. The molecule has 132 valence electrons. The SMILES string of the molecule is Cn1c(C(=O)N2CCN(C(=O)C3CCC3)CC2)c(Br)c2ccccc21. The lowest BCUT2D eigenvalue weighted by atomic mass is 9.84. The molecule has 1 saturated heterocycles. The van der Waals surface area contributed by atoms with Crippen molar-refractivity contribution in [3.05, 3.63) is 34.4 Å². The Labute approximate surface area is 155 Å². The zero-order valence-electron chi connectivity index (χ0n) is 14.4. The first-order chi connectivity index (χ1) is 12.1. The number of para-hydroxylation sites is 1. The average molecular weight is 404 g/mol. The highest BCUT2D eigenvalue weighted by Crippen LogP contribution is 2.32. The highest BCUT2D eigenvalue weighted by molar-refractivity contribution is 9.10. The highest BCUT2D eigenvalue weighted by Gasteiger charge is 2.33. The molecule has 0 spiro atoms. The second kappa shape index (κ2) is 6.48. The standard InChI is InChI=1S/C19H22BrN3O2/c1-21-15-8-3-2-7-14(15)16(20)17(21)19(25)23-11-9-22(10-12-23)18(24)13-5-4-6-13/h2-3,7-8,13H,4-6,9-12H2,1H3. The molecule has 0 radical (unpaired) electrons. The molecule has 1 aliphatic carbocycles. The average Bonchev–Trinajstić information content (AvgIpc) is 2.84. The summed E-state index contributed by atoms with van der Waals surface area (Å²) in [7, 11) is 1.93. The van der Waals surface area contributed by atoms with Crippen LogP contribution in [0.5, 0.6) is 0 Å². The van der Waals surface area contributed by atoms with Crippen LogP contribution in [0.2, 0.25) is 0 Å². The molecule has 0 unspecified atom stereocenters. The minimum Gasteiger partial charge on any atom is -0.339 e. The Balaban J connectivity index is 1.50. The van der Waals surface area contributed by atoms with Gasteiger partial charge in [0.1, 0.15) is 5.69 Å². The molecule has 1 saturated carbocycles. The first-order valence-electron chi connectivity index (χ1n) is 8.89. The molecule has 6 heteroatoms. The van der Waals surface area contributed by atoms with Crippen LogP contribution in [-0.2, 0) is 11.8 Å². The number of carbonyl (C=O) groups is 2. The molecule has 5 nitrogen and oxygen atoms in total. The van der Waals surface area contributed by atoms with Crippen molar-refractivity contribution < 1.29 is 9.59 Å². The maximum atomic E-state index is 13.1. The summed E-state index contributed by atoms with van der Waals surface area (Å²) in [6, 6.07) is 8.00. The molecule has 1 aromatic carbocycles. The smallest absolute Gasteiger partial charge is 0.271 e.